The van der Waals surface area contributed by atoms with E-state index in [9.17, 15) is 8.42 Å². The van der Waals surface area contributed by atoms with Crippen LogP contribution in [0.1, 0.15) is 26.3 Å². The Morgan fingerprint density at radius 1 is 1.32 bits per heavy atom. The van der Waals surface area contributed by atoms with E-state index in [0.29, 0.717) is 6.54 Å². The molecule has 1 aliphatic rings. The molecule has 0 atom stereocenters. The summed E-state index contributed by atoms with van der Waals surface area (Å²) in [6.45, 7) is 9.87. The van der Waals surface area contributed by atoms with E-state index in [4.69, 9.17) is 4.99 Å². The van der Waals surface area contributed by atoms with E-state index in [2.05, 4.69) is 35.7 Å². The van der Waals surface area contributed by atoms with Crippen molar-refractivity contribution in [3.63, 3.8) is 0 Å². The Balaban J connectivity index is 2.11. The number of nitrogens with zero attached hydrogens (tertiary/aromatic N) is 2. The summed E-state index contributed by atoms with van der Waals surface area (Å²) in [5.74, 6) is 2.01. The first kappa shape index (κ1) is 20.1. The monoisotopic (exact) mass is 384 g/mol. The molecule has 0 aromatic heterocycles. The maximum Gasteiger partial charge on any atom is 0.240 e. The highest BCUT2D eigenvalue weighted by atomic mass is 32.2. The summed E-state index contributed by atoms with van der Waals surface area (Å²) < 4.78 is 26.1. The molecule has 6 nitrogen and oxygen atoms in total. The maximum absolute atomic E-state index is 11.8. The van der Waals surface area contributed by atoms with Crippen molar-refractivity contribution < 1.29 is 8.42 Å². The lowest BCUT2D eigenvalue weighted by molar-refractivity contribution is 0.376. The van der Waals surface area contributed by atoms with Crippen LogP contribution in [0.4, 0.5) is 0 Å². The van der Waals surface area contributed by atoms with Gasteiger partial charge in [0.15, 0.2) is 5.96 Å². The molecular formula is C17H28N4O2S2. The molecule has 0 unspecified atom stereocenters. The minimum Gasteiger partial charge on any atom is -0.357 e. The van der Waals surface area contributed by atoms with Gasteiger partial charge in [0.05, 0.1) is 11.4 Å². The number of rotatable bonds is 5. The molecule has 2 rings (SSSR count). The summed E-state index contributed by atoms with van der Waals surface area (Å²) in [6, 6.07) is 6.86. The highest BCUT2D eigenvalue weighted by Crippen LogP contribution is 2.29. The fourth-order valence-corrected chi connectivity index (χ4v) is 4.52. The lowest BCUT2D eigenvalue weighted by Gasteiger charge is -2.39. The lowest BCUT2D eigenvalue weighted by Crippen LogP contribution is -2.50. The van der Waals surface area contributed by atoms with Crippen LogP contribution in [0.25, 0.3) is 0 Å². The summed E-state index contributed by atoms with van der Waals surface area (Å²) >= 11 is 1.99. The molecular weight excluding hydrogens is 356 g/mol. The maximum atomic E-state index is 11.8. The summed E-state index contributed by atoms with van der Waals surface area (Å²) in [5.41, 5.74) is 0.983. The quantitative estimate of drug-likeness (QED) is 0.599. The predicted octanol–water partition coefficient (Wildman–Crippen LogP) is 1.89. The molecule has 8 heteroatoms. The van der Waals surface area contributed by atoms with Gasteiger partial charge in [0.25, 0.3) is 0 Å². The van der Waals surface area contributed by atoms with E-state index in [0.717, 1.165) is 36.9 Å². The van der Waals surface area contributed by atoms with Gasteiger partial charge in [-0.1, -0.05) is 12.1 Å². The first-order valence-corrected chi connectivity index (χ1v) is 10.9. The second kappa shape index (κ2) is 8.42. The molecule has 140 valence electrons. The normalized spacial score (nSPS) is 18.2. The zero-order valence-electron chi connectivity index (χ0n) is 15.4. The van der Waals surface area contributed by atoms with Crippen LogP contribution in [0.15, 0.2) is 34.2 Å². The van der Waals surface area contributed by atoms with Gasteiger partial charge in [0.1, 0.15) is 0 Å². The summed E-state index contributed by atoms with van der Waals surface area (Å²) in [5, 5.41) is 3.37. The van der Waals surface area contributed by atoms with Crippen molar-refractivity contribution in [1.82, 2.24) is 14.9 Å². The number of aliphatic imine (C=N–C) groups is 1. The Morgan fingerprint density at radius 3 is 2.56 bits per heavy atom. The zero-order chi connectivity index (χ0) is 18.5. The molecule has 0 bridgehead atoms. The van der Waals surface area contributed by atoms with Gasteiger partial charge in [-0.25, -0.2) is 18.1 Å². The average Bonchev–Trinajstić information content (AvgIpc) is 2.58. The molecule has 1 aliphatic heterocycles. The Hall–Kier alpha value is -1.25. The van der Waals surface area contributed by atoms with E-state index in [1.54, 1.807) is 12.1 Å². The Morgan fingerprint density at radius 2 is 2.00 bits per heavy atom. The largest absolute Gasteiger partial charge is 0.357 e. The first-order chi connectivity index (χ1) is 11.8. The van der Waals surface area contributed by atoms with Crippen LogP contribution < -0.4 is 10.0 Å². The van der Waals surface area contributed by atoms with E-state index < -0.39 is 10.0 Å². The SMILES string of the molecule is CCNC(=NCc1ccc(S(=O)(=O)NC)cc1)N1CCSC(C)(C)C1. The molecule has 0 aliphatic carbocycles. The molecule has 1 aromatic rings. The van der Waals surface area contributed by atoms with E-state index >= 15 is 0 Å². The third-order valence-electron chi connectivity index (χ3n) is 3.97. The molecule has 0 spiro atoms. The minimum absolute atomic E-state index is 0.220. The van der Waals surface area contributed by atoms with Crippen molar-refractivity contribution in [2.45, 2.75) is 37.0 Å². The highest BCUT2D eigenvalue weighted by molar-refractivity contribution is 8.00. The standard InChI is InChI=1S/C17H28N4O2S2/c1-5-19-16(21-10-11-24-17(2,3)13-21)20-12-14-6-8-15(9-7-14)25(22,23)18-4/h6-9,18H,5,10-13H2,1-4H3,(H,19,20). The zero-order valence-corrected chi connectivity index (χ0v) is 17.0. The van der Waals surface area contributed by atoms with Crippen molar-refractivity contribution in [2.75, 3.05) is 32.4 Å². The number of hydrogen-bond acceptors (Lipinski definition) is 4. The lowest BCUT2D eigenvalue weighted by atomic mass is 10.2. The fraction of sp³-hybridized carbons (Fsp3) is 0.588. The smallest absolute Gasteiger partial charge is 0.240 e. The van der Waals surface area contributed by atoms with E-state index in [1.807, 2.05) is 23.9 Å². The van der Waals surface area contributed by atoms with Gasteiger partial charge < -0.3 is 10.2 Å². The Bertz CT molecular complexity index is 700. The Kier molecular flexibility index (Phi) is 6.76. The number of thioether (sulfide) groups is 1. The van der Waals surface area contributed by atoms with Crippen LogP contribution in [0.5, 0.6) is 0 Å². The van der Waals surface area contributed by atoms with Crippen molar-refractivity contribution in [3.05, 3.63) is 29.8 Å². The number of guanidine groups is 1. The predicted molar refractivity (Wildman–Crippen MR) is 106 cm³/mol. The Labute approximate surface area is 155 Å². The van der Waals surface area contributed by atoms with Gasteiger partial charge in [-0.05, 0) is 45.5 Å². The van der Waals surface area contributed by atoms with Gasteiger partial charge >= 0.3 is 0 Å². The van der Waals surface area contributed by atoms with Gasteiger partial charge in [-0.15, -0.1) is 0 Å². The van der Waals surface area contributed by atoms with Crippen molar-refractivity contribution >= 4 is 27.7 Å². The molecule has 0 radical (unpaired) electrons. The third-order valence-corrected chi connectivity index (χ3v) is 6.70. The minimum atomic E-state index is -3.39. The highest BCUT2D eigenvalue weighted by Gasteiger charge is 2.28. The second-order valence-corrected chi connectivity index (χ2v) is 10.2. The number of hydrogen-bond donors (Lipinski definition) is 2. The third kappa shape index (κ3) is 5.62. The van der Waals surface area contributed by atoms with Crippen LogP contribution in [-0.4, -0.2) is 56.5 Å². The summed E-state index contributed by atoms with van der Waals surface area (Å²) in [4.78, 5) is 7.32. The van der Waals surface area contributed by atoms with Crippen LogP contribution in [0.2, 0.25) is 0 Å². The van der Waals surface area contributed by atoms with Gasteiger partial charge in [-0.2, -0.15) is 11.8 Å². The average molecular weight is 385 g/mol. The molecule has 1 fully saturated rings. The number of sulfonamides is 1. The fourth-order valence-electron chi connectivity index (χ4n) is 2.68. The summed E-state index contributed by atoms with van der Waals surface area (Å²) in [6.07, 6.45) is 0. The topological polar surface area (TPSA) is 73.8 Å². The molecule has 0 amide bonds. The number of benzene rings is 1. The van der Waals surface area contributed by atoms with E-state index in [1.165, 1.54) is 7.05 Å². The van der Waals surface area contributed by atoms with Crippen LogP contribution >= 0.6 is 11.8 Å². The molecule has 1 heterocycles. The molecule has 2 N–H and O–H groups in total. The van der Waals surface area contributed by atoms with Gasteiger partial charge in [0.2, 0.25) is 10.0 Å². The van der Waals surface area contributed by atoms with Crippen LogP contribution in [0, 0.1) is 0 Å². The molecule has 25 heavy (non-hydrogen) atoms. The van der Waals surface area contributed by atoms with Crippen LogP contribution in [-0.2, 0) is 16.6 Å². The molecule has 0 saturated carbocycles. The van der Waals surface area contributed by atoms with Crippen LogP contribution in [0.3, 0.4) is 0 Å². The van der Waals surface area contributed by atoms with Gasteiger partial charge in [0, 0.05) is 30.1 Å². The first-order valence-electron chi connectivity index (χ1n) is 8.47. The molecule has 1 saturated heterocycles. The molecule has 1 aromatic carbocycles. The van der Waals surface area contributed by atoms with E-state index in [-0.39, 0.29) is 9.64 Å². The second-order valence-electron chi connectivity index (χ2n) is 6.55. The van der Waals surface area contributed by atoms with Crippen molar-refractivity contribution in [2.24, 2.45) is 4.99 Å². The van der Waals surface area contributed by atoms with Crippen molar-refractivity contribution in [3.8, 4) is 0 Å². The summed E-state index contributed by atoms with van der Waals surface area (Å²) in [7, 11) is -1.98. The van der Waals surface area contributed by atoms with Crippen molar-refractivity contribution in [1.29, 1.82) is 0 Å². The number of nitrogens with one attached hydrogen (secondary N) is 2. The van der Waals surface area contributed by atoms with Gasteiger partial charge in [-0.3, -0.25) is 0 Å².